The second-order valence-corrected chi connectivity index (χ2v) is 5.77. The van der Waals surface area contributed by atoms with Crippen LogP contribution >= 0.6 is 24.0 Å². The van der Waals surface area contributed by atoms with E-state index in [1.54, 1.807) is 0 Å². The molecule has 0 bridgehead atoms. The molecule has 0 radical (unpaired) electrons. The Morgan fingerprint density at radius 1 is 1.36 bits per heavy atom. The van der Waals surface area contributed by atoms with Crippen LogP contribution in [-0.2, 0) is 11.3 Å². The molecule has 1 N–H and O–H groups in total. The second-order valence-electron chi connectivity index (χ2n) is 5.77. The molecule has 0 aromatic heterocycles. The molecule has 1 aromatic carbocycles. The van der Waals surface area contributed by atoms with Gasteiger partial charge >= 0.3 is 0 Å². The average molecular weight is 417 g/mol. The molecule has 1 aliphatic carbocycles. The summed E-state index contributed by atoms with van der Waals surface area (Å²) in [5.74, 6) is 1.74. The van der Waals surface area contributed by atoms with E-state index in [1.165, 1.54) is 24.0 Å². The zero-order valence-electron chi connectivity index (χ0n) is 13.8. The average Bonchev–Trinajstić information content (AvgIpc) is 3.30. The predicted octanol–water partition coefficient (Wildman–Crippen LogP) is 3.05. The fraction of sp³-hybridized carbons (Fsp3) is 0.588. The Kier molecular flexibility index (Phi) is 8.78. The van der Waals surface area contributed by atoms with Crippen molar-refractivity contribution in [2.24, 2.45) is 10.9 Å². The van der Waals surface area contributed by atoms with Gasteiger partial charge in [-0.3, -0.25) is 4.99 Å². The number of aryl methyl sites for hydroxylation is 1. The number of hydrogen-bond donors (Lipinski definition) is 1. The van der Waals surface area contributed by atoms with Crippen molar-refractivity contribution in [3.05, 3.63) is 35.4 Å². The first-order chi connectivity index (χ1) is 10.2. The van der Waals surface area contributed by atoms with Gasteiger partial charge in [-0.15, -0.1) is 24.0 Å². The van der Waals surface area contributed by atoms with Gasteiger partial charge in [0.1, 0.15) is 0 Å². The lowest BCUT2D eigenvalue weighted by Crippen LogP contribution is -2.40. The molecule has 0 atom stereocenters. The molecular weight excluding hydrogens is 389 g/mol. The monoisotopic (exact) mass is 417 g/mol. The van der Waals surface area contributed by atoms with E-state index in [9.17, 15) is 0 Å². The van der Waals surface area contributed by atoms with Crippen LogP contribution in [0.25, 0.3) is 0 Å². The minimum atomic E-state index is 0. The van der Waals surface area contributed by atoms with Crippen molar-refractivity contribution < 1.29 is 4.74 Å². The third-order valence-electron chi connectivity index (χ3n) is 3.89. The summed E-state index contributed by atoms with van der Waals surface area (Å²) in [6.07, 6.45) is 2.69. The van der Waals surface area contributed by atoms with Crippen LogP contribution in [-0.4, -0.2) is 44.7 Å². The van der Waals surface area contributed by atoms with Crippen molar-refractivity contribution in [3.63, 3.8) is 0 Å². The normalized spacial score (nSPS) is 14.4. The standard InChI is InChI=1S/C17H27N3O.HI/c1-14-6-4-5-7-16(14)12-19-17(18-2)20(3)10-11-21-13-15-8-9-15;/h4-7,15H,8-13H2,1-3H3,(H,18,19);1H. The molecule has 0 saturated heterocycles. The van der Waals surface area contributed by atoms with E-state index in [0.29, 0.717) is 0 Å². The van der Waals surface area contributed by atoms with Crippen molar-refractivity contribution >= 4 is 29.9 Å². The van der Waals surface area contributed by atoms with E-state index in [4.69, 9.17) is 4.74 Å². The van der Waals surface area contributed by atoms with E-state index < -0.39 is 0 Å². The molecule has 0 heterocycles. The molecule has 0 unspecified atom stereocenters. The first-order valence-corrected chi connectivity index (χ1v) is 7.74. The Morgan fingerprint density at radius 3 is 2.73 bits per heavy atom. The minimum absolute atomic E-state index is 0. The van der Waals surface area contributed by atoms with Crippen LogP contribution in [0.15, 0.2) is 29.3 Å². The number of guanidine groups is 1. The number of benzene rings is 1. The fourth-order valence-electron chi connectivity index (χ4n) is 2.21. The second kappa shape index (κ2) is 10.0. The first kappa shape index (κ1) is 19.2. The third kappa shape index (κ3) is 6.52. The highest BCUT2D eigenvalue weighted by molar-refractivity contribution is 14.0. The topological polar surface area (TPSA) is 36.9 Å². The lowest BCUT2D eigenvalue weighted by atomic mass is 10.1. The molecule has 1 fully saturated rings. The van der Waals surface area contributed by atoms with E-state index >= 15 is 0 Å². The number of hydrogen-bond acceptors (Lipinski definition) is 2. The molecule has 22 heavy (non-hydrogen) atoms. The zero-order valence-corrected chi connectivity index (χ0v) is 16.2. The van der Waals surface area contributed by atoms with Crippen molar-refractivity contribution in [2.75, 3.05) is 33.9 Å². The van der Waals surface area contributed by atoms with Crippen molar-refractivity contribution in [2.45, 2.75) is 26.3 Å². The van der Waals surface area contributed by atoms with Crippen LogP contribution in [0, 0.1) is 12.8 Å². The largest absolute Gasteiger partial charge is 0.379 e. The van der Waals surface area contributed by atoms with E-state index in [1.807, 2.05) is 14.1 Å². The fourth-order valence-corrected chi connectivity index (χ4v) is 2.21. The van der Waals surface area contributed by atoms with Crippen LogP contribution < -0.4 is 5.32 Å². The van der Waals surface area contributed by atoms with Gasteiger partial charge in [0, 0.05) is 33.8 Å². The van der Waals surface area contributed by atoms with E-state index in [2.05, 4.69) is 46.4 Å². The van der Waals surface area contributed by atoms with Gasteiger partial charge in [-0.25, -0.2) is 0 Å². The quantitative estimate of drug-likeness (QED) is 0.321. The van der Waals surface area contributed by atoms with Crippen LogP contribution in [0.5, 0.6) is 0 Å². The lowest BCUT2D eigenvalue weighted by molar-refractivity contribution is 0.115. The maximum Gasteiger partial charge on any atom is 0.193 e. The van der Waals surface area contributed by atoms with Gasteiger partial charge in [-0.05, 0) is 36.8 Å². The maximum absolute atomic E-state index is 5.68. The number of likely N-dealkylation sites (N-methyl/N-ethyl adjacent to an activating group) is 1. The Labute approximate surface area is 151 Å². The van der Waals surface area contributed by atoms with Crippen molar-refractivity contribution in [1.82, 2.24) is 10.2 Å². The number of nitrogens with zero attached hydrogens (tertiary/aromatic N) is 2. The summed E-state index contributed by atoms with van der Waals surface area (Å²) < 4.78 is 5.68. The van der Waals surface area contributed by atoms with Gasteiger partial charge in [0.25, 0.3) is 0 Å². The summed E-state index contributed by atoms with van der Waals surface area (Å²) in [5.41, 5.74) is 2.60. The van der Waals surface area contributed by atoms with Crippen LogP contribution in [0.4, 0.5) is 0 Å². The van der Waals surface area contributed by atoms with Gasteiger partial charge in [0.2, 0.25) is 0 Å². The van der Waals surface area contributed by atoms with Crippen LogP contribution in [0.2, 0.25) is 0 Å². The highest BCUT2D eigenvalue weighted by Crippen LogP contribution is 2.28. The molecule has 1 aromatic rings. The molecule has 124 valence electrons. The van der Waals surface area contributed by atoms with E-state index in [0.717, 1.165) is 38.2 Å². The Morgan fingerprint density at radius 2 is 2.09 bits per heavy atom. The zero-order chi connectivity index (χ0) is 15.1. The molecule has 0 spiro atoms. The number of ether oxygens (including phenoxy) is 1. The van der Waals surface area contributed by atoms with Gasteiger partial charge < -0.3 is 15.0 Å². The molecule has 0 aliphatic heterocycles. The van der Waals surface area contributed by atoms with E-state index in [-0.39, 0.29) is 24.0 Å². The van der Waals surface area contributed by atoms with Crippen LogP contribution in [0.1, 0.15) is 24.0 Å². The SMILES string of the molecule is CN=C(NCc1ccccc1C)N(C)CCOCC1CC1.I. The lowest BCUT2D eigenvalue weighted by Gasteiger charge is -2.22. The van der Waals surface area contributed by atoms with Gasteiger partial charge in [0.05, 0.1) is 6.61 Å². The van der Waals surface area contributed by atoms with Gasteiger partial charge in [-0.2, -0.15) is 0 Å². The molecule has 1 aliphatic rings. The Hall–Kier alpha value is -0.820. The summed E-state index contributed by atoms with van der Waals surface area (Å²) in [5, 5.41) is 3.41. The third-order valence-corrected chi connectivity index (χ3v) is 3.89. The van der Waals surface area contributed by atoms with Crippen molar-refractivity contribution in [1.29, 1.82) is 0 Å². The maximum atomic E-state index is 5.68. The number of rotatable bonds is 7. The minimum Gasteiger partial charge on any atom is -0.379 e. The molecule has 1 saturated carbocycles. The first-order valence-electron chi connectivity index (χ1n) is 7.74. The number of aliphatic imine (C=N–C) groups is 1. The highest BCUT2D eigenvalue weighted by atomic mass is 127. The number of nitrogens with one attached hydrogen (secondary N) is 1. The highest BCUT2D eigenvalue weighted by Gasteiger charge is 2.21. The smallest absolute Gasteiger partial charge is 0.193 e. The molecule has 2 rings (SSSR count). The van der Waals surface area contributed by atoms with Crippen molar-refractivity contribution in [3.8, 4) is 0 Å². The summed E-state index contributed by atoms with van der Waals surface area (Å²) in [7, 11) is 3.87. The van der Waals surface area contributed by atoms with Gasteiger partial charge in [0.15, 0.2) is 5.96 Å². The molecule has 0 amide bonds. The number of halogens is 1. The van der Waals surface area contributed by atoms with Crippen LogP contribution in [0.3, 0.4) is 0 Å². The molecule has 4 nitrogen and oxygen atoms in total. The summed E-state index contributed by atoms with van der Waals surface area (Å²) in [6.45, 7) is 5.48. The summed E-state index contributed by atoms with van der Waals surface area (Å²) in [4.78, 5) is 6.45. The Bertz CT molecular complexity index is 475. The predicted molar refractivity (Wildman–Crippen MR) is 103 cm³/mol. The Balaban J connectivity index is 0.00000242. The molecule has 5 heteroatoms. The molecular formula is C17H28IN3O. The summed E-state index contributed by atoms with van der Waals surface area (Å²) >= 11 is 0. The summed E-state index contributed by atoms with van der Waals surface area (Å²) in [6, 6.07) is 8.42. The van der Waals surface area contributed by atoms with Gasteiger partial charge in [-0.1, -0.05) is 24.3 Å².